The van der Waals surface area contributed by atoms with Crippen molar-refractivity contribution in [2.45, 2.75) is 0 Å². The van der Waals surface area contributed by atoms with Crippen LogP contribution in [-0.4, -0.2) is 51.5 Å². The minimum absolute atomic E-state index is 0.574. The molecule has 6 nitrogen and oxygen atoms in total. The van der Waals surface area contributed by atoms with Crippen LogP contribution in [0.1, 0.15) is 0 Å². The fourth-order valence-electron chi connectivity index (χ4n) is 4.28. The molecule has 0 bridgehead atoms. The van der Waals surface area contributed by atoms with E-state index < -0.39 is 0 Å². The lowest BCUT2D eigenvalue weighted by Gasteiger charge is -2.11. The first-order chi connectivity index (χ1) is 15.0. The summed E-state index contributed by atoms with van der Waals surface area (Å²) in [7, 11) is 8.24. The van der Waals surface area contributed by atoms with E-state index in [1.54, 1.807) is 0 Å². The summed E-state index contributed by atoms with van der Waals surface area (Å²) in [5.41, 5.74) is 6.60. The van der Waals surface area contributed by atoms with Gasteiger partial charge in [-0.3, -0.25) is 5.10 Å². The molecule has 5 aromatic rings. The van der Waals surface area contributed by atoms with Crippen molar-refractivity contribution in [2.75, 3.05) is 27.2 Å². The lowest BCUT2D eigenvalue weighted by molar-refractivity contribution is 0.254. The van der Waals surface area contributed by atoms with Gasteiger partial charge < -0.3 is 18.8 Å². The van der Waals surface area contributed by atoms with Crippen LogP contribution in [0, 0.1) is 0 Å². The zero-order valence-electron chi connectivity index (χ0n) is 18.4. The topological polar surface area (TPSA) is 51.0 Å². The predicted octanol–water partition coefficient (Wildman–Crippen LogP) is 4.67. The molecule has 5 rings (SSSR count). The van der Waals surface area contributed by atoms with Crippen molar-refractivity contribution in [3.8, 4) is 28.3 Å². The average molecular weight is 414 g/mol. The van der Waals surface area contributed by atoms with Crippen LogP contribution in [-0.2, 0) is 14.1 Å². The highest BCUT2D eigenvalue weighted by molar-refractivity contribution is 6.05. The maximum Gasteiger partial charge on any atom is 0.241 e. The molecule has 3 heterocycles. The lowest BCUT2D eigenvalue weighted by atomic mass is 10.0. The van der Waals surface area contributed by atoms with Gasteiger partial charge in [-0.2, -0.15) is 0 Å². The first-order valence-corrected chi connectivity index (χ1v) is 10.5. The van der Waals surface area contributed by atoms with Gasteiger partial charge in [0.05, 0.1) is 11.3 Å². The third-order valence-electron chi connectivity index (χ3n) is 5.84. The van der Waals surface area contributed by atoms with Crippen LogP contribution < -0.4 is 4.74 Å². The van der Waals surface area contributed by atoms with E-state index in [1.165, 1.54) is 21.8 Å². The summed E-state index contributed by atoms with van der Waals surface area (Å²) >= 11 is 0. The second-order valence-corrected chi connectivity index (χ2v) is 8.27. The molecule has 0 spiro atoms. The van der Waals surface area contributed by atoms with Gasteiger partial charge in [-0.1, -0.05) is 36.4 Å². The molecule has 0 atom stereocenters. The van der Waals surface area contributed by atoms with E-state index in [0.717, 1.165) is 28.9 Å². The number of aromatic nitrogens is 4. The van der Waals surface area contributed by atoms with Gasteiger partial charge in [0.25, 0.3) is 0 Å². The smallest absolute Gasteiger partial charge is 0.241 e. The minimum atomic E-state index is 0.574. The Labute approximate surface area is 181 Å². The predicted molar refractivity (Wildman–Crippen MR) is 126 cm³/mol. The van der Waals surface area contributed by atoms with E-state index in [1.807, 2.05) is 14.1 Å². The molecule has 0 fully saturated rings. The average Bonchev–Trinajstić information content (AvgIpc) is 3.42. The van der Waals surface area contributed by atoms with Gasteiger partial charge in [0.15, 0.2) is 0 Å². The number of hydrogen-bond donors (Lipinski definition) is 1. The number of hydrogen-bond acceptors (Lipinski definition) is 3. The molecule has 0 aliphatic rings. The van der Waals surface area contributed by atoms with Crippen molar-refractivity contribution in [1.29, 1.82) is 0 Å². The van der Waals surface area contributed by atoms with Crippen LogP contribution >= 0.6 is 0 Å². The largest absolute Gasteiger partial charge is 0.475 e. The highest BCUT2D eigenvalue weighted by Gasteiger charge is 2.23. The fraction of sp³-hybridized carbons (Fsp3) is 0.240. The Morgan fingerprint density at radius 2 is 1.45 bits per heavy atom. The second-order valence-electron chi connectivity index (χ2n) is 8.27. The van der Waals surface area contributed by atoms with E-state index >= 15 is 0 Å². The number of para-hydroxylation sites is 2. The van der Waals surface area contributed by atoms with Crippen molar-refractivity contribution >= 4 is 21.8 Å². The summed E-state index contributed by atoms with van der Waals surface area (Å²) < 4.78 is 10.5. The van der Waals surface area contributed by atoms with E-state index in [4.69, 9.17) is 4.74 Å². The number of nitrogens with zero attached hydrogens (tertiary/aromatic N) is 4. The summed E-state index contributed by atoms with van der Waals surface area (Å²) in [5.74, 6) is 0.640. The molecular formula is C25H27N5O. The molecule has 0 amide bonds. The number of benzene rings is 2. The lowest BCUT2D eigenvalue weighted by Crippen LogP contribution is -2.19. The fourth-order valence-corrected chi connectivity index (χ4v) is 4.28. The molecule has 2 aromatic carbocycles. The van der Waals surface area contributed by atoms with Gasteiger partial charge in [0, 0.05) is 66.0 Å². The number of rotatable bonds is 6. The summed E-state index contributed by atoms with van der Waals surface area (Å²) in [6.07, 6.45) is 4.33. The monoisotopic (exact) mass is 413 g/mol. The Bertz CT molecular complexity index is 1370. The Morgan fingerprint density at radius 1 is 0.871 bits per heavy atom. The van der Waals surface area contributed by atoms with Crippen LogP contribution in [0.15, 0.2) is 60.9 Å². The maximum absolute atomic E-state index is 6.18. The number of ether oxygens (including phenoxy) is 1. The third-order valence-corrected chi connectivity index (χ3v) is 5.84. The SMILES string of the molecule is CN(C)CCOc1n[nH]c(-c2cn(C)c3ccccc23)c1-c1cn(C)c2ccccc12. The highest BCUT2D eigenvalue weighted by Crippen LogP contribution is 2.43. The van der Waals surface area contributed by atoms with Gasteiger partial charge in [-0.15, -0.1) is 5.10 Å². The Hall–Kier alpha value is -3.51. The first kappa shape index (κ1) is 19.5. The normalized spacial score (nSPS) is 11.8. The van der Waals surface area contributed by atoms with Gasteiger partial charge in [0.2, 0.25) is 5.88 Å². The van der Waals surface area contributed by atoms with E-state index in [2.05, 4.69) is 99.3 Å². The zero-order valence-corrected chi connectivity index (χ0v) is 18.4. The van der Waals surface area contributed by atoms with E-state index in [9.17, 15) is 0 Å². The van der Waals surface area contributed by atoms with Gasteiger partial charge in [0.1, 0.15) is 6.61 Å². The van der Waals surface area contributed by atoms with Crippen LogP contribution in [0.3, 0.4) is 0 Å². The Kier molecular flexibility index (Phi) is 4.79. The summed E-state index contributed by atoms with van der Waals surface area (Å²) in [6, 6.07) is 16.9. The second kappa shape index (κ2) is 7.63. The standard InChI is InChI=1S/C25H27N5O/c1-28(2)13-14-31-25-23(19-15-29(3)21-11-7-5-9-17(19)21)24(26-27-25)20-16-30(4)22-12-8-6-10-18(20)22/h5-12,15-16H,13-14H2,1-4H3,(H,26,27). The van der Waals surface area contributed by atoms with Gasteiger partial charge >= 0.3 is 0 Å². The molecule has 6 heteroatoms. The Morgan fingerprint density at radius 3 is 2.10 bits per heavy atom. The molecule has 31 heavy (non-hydrogen) atoms. The maximum atomic E-state index is 6.18. The van der Waals surface area contributed by atoms with E-state index in [-0.39, 0.29) is 0 Å². The van der Waals surface area contributed by atoms with Crippen molar-refractivity contribution in [2.24, 2.45) is 14.1 Å². The quantitative estimate of drug-likeness (QED) is 0.440. The molecule has 0 unspecified atom stereocenters. The van der Waals surface area contributed by atoms with Crippen molar-refractivity contribution in [3.05, 3.63) is 60.9 Å². The molecule has 0 aliphatic heterocycles. The number of fused-ring (bicyclic) bond motifs is 2. The number of H-pyrrole nitrogens is 1. The number of aryl methyl sites for hydroxylation is 2. The molecule has 0 aliphatic carbocycles. The van der Waals surface area contributed by atoms with E-state index in [0.29, 0.717) is 12.5 Å². The number of likely N-dealkylation sites (N-methyl/N-ethyl adjacent to an activating group) is 1. The van der Waals surface area contributed by atoms with Crippen molar-refractivity contribution in [3.63, 3.8) is 0 Å². The molecule has 0 saturated carbocycles. The highest BCUT2D eigenvalue weighted by atomic mass is 16.5. The molecule has 158 valence electrons. The Balaban J connectivity index is 1.73. The van der Waals surface area contributed by atoms with Crippen LogP contribution in [0.2, 0.25) is 0 Å². The summed E-state index contributed by atoms with van der Waals surface area (Å²) in [5, 5.41) is 10.3. The first-order valence-electron chi connectivity index (χ1n) is 10.5. The van der Waals surface area contributed by atoms with Gasteiger partial charge in [-0.05, 0) is 26.2 Å². The third kappa shape index (κ3) is 3.29. The van der Waals surface area contributed by atoms with Crippen LogP contribution in [0.5, 0.6) is 5.88 Å². The molecule has 0 radical (unpaired) electrons. The van der Waals surface area contributed by atoms with Gasteiger partial charge in [-0.25, -0.2) is 0 Å². The van der Waals surface area contributed by atoms with Crippen molar-refractivity contribution in [1.82, 2.24) is 24.2 Å². The summed E-state index contributed by atoms with van der Waals surface area (Å²) in [4.78, 5) is 2.11. The van der Waals surface area contributed by atoms with Crippen LogP contribution in [0.4, 0.5) is 0 Å². The molecule has 0 saturated heterocycles. The number of aromatic amines is 1. The van der Waals surface area contributed by atoms with Crippen molar-refractivity contribution < 1.29 is 4.74 Å². The number of nitrogens with one attached hydrogen (secondary N) is 1. The molecular weight excluding hydrogens is 386 g/mol. The molecule has 3 aromatic heterocycles. The van der Waals surface area contributed by atoms with Crippen LogP contribution in [0.25, 0.3) is 44.2 Å². The molecule has 1 N–H and O–H groups in total. The zero-order chi connectivity index (χ0) is 21.5. The minimum Gasteiger partial charge on any atom is -0.475 e. The summed E-state index contributed by atoms with van der Waals surface area (Å²) in [6.45, 7) is 1.40.